The van der Waals surface area contributed by atoms with Crippen molar-refractivity contribution in [3.05, 3.63) is 30.3 Å². The van der Waals surface area contributed by atoms with Crippen molar-refractivity contribution in [2.45, 2.75) is 5.22 Å². The topological polar surface area (TPSA) is 78.5 Å². The van der Waals surface area contributed by atoms with E-state index in [0.717, 1.165) is 16.6 Å². The Morgan fingerprint density at radius 1 is 1.33 bits per heavy atom. The van der Waals surface area contributed by atoms with Gasteiger partial charge in [-0.15, -0.1) is 10.2 Å². The number of fused-ring (bicyclic) bond motifs is 1. The number of aromatic nitrogens is 3. The van der Waals surface area contributed by atoms with Crippen LogP contribution < -0.4 is 0 Å². The van der Waals surface area contributed by atoms with E-state index in [0.29, 0.717) is 16.9 Å². The molecule has 18 heavy (non-hydrogen) atoms. The molecule has 5 nitrogen and oxygen atoms in total. The first-order chi connectivity index (χ1) is 8.86. The summed E-state index contributed by atoms with van der Waals surface area (Å²) < 4.78 is 5.46. The van der Waals surface area contributed by atoms with Crippen LogP contribution in [0.3, 0.4) is 0 Å². The summed E-state index contributed by atoms with van der Waals surface area (Å²) in [5.74, 6) is 0.737. The number of hydrogen-bond donors (Lipinski definition) is 1. The molecule has 1 N–H and O–H groups in total. The maximum atomic E-state index is 8.48. The highest BCUT2D eigenvalue weighted by atomic mass is 32.2. The lowest BCUT2D eigenvalue weighted by Gasteiger charge is -1.87. The third-order valence-corrected chi connectivity index (χ3v) is 3.11. The van der Waals surface area contributed by atoms with Gasteiger partial charge in [0.15, 0.2) is 0 Å². The van der Waals surface area contributed by atoms with E-state index in [1.54, 1.807) is 0 Å². The zero-order valence-corrected chi connectivity index (χ0v) is 10.1. The van der Waals surface area contributed by atoms with Crippen LogP contribution in [0.15, 0.2) is 40.0 Å². The summed E-state index contributed by atoms with van der Waals surface area (Å²) in [6.45, 7) is 0. The van der Waals surface area contributed by atoms with Gasteiger partial charge in [-0.1, -0.05) is 30.0 Å². The van der Waals surface area contributed by atoms with E-state index < -0.39 is 0 Å². The summed E-state index contributed by atoms with van der Waals surface area (Å²) in [5.41, 5.74) is 1.81. The Kier molecular flexibility index (Phi) is 2.74. The Morgan fingerprint density at radius 3 is 3.06 bits per heavy atom. The largest absolute Gasteiger partial charge is 0.410 e. The molecule has 2 aromatic heterocycles. The molecule has 0 aliphatic carbocycles. The first-order valence-corrected chi connectivity index (χ1v) is 6.27. The Bertz CT molecular complexity index is 692. The van der Waals surface area contributed by atoms with Crippen LogP contribution in [-0.2, 0) is 0 Å². The number of hydrogen-bond acceptors (Lipinski definition) is 5. The molecule has 0 spiro atoms. The van der Waals surface area contributed by atoms with Gasteiger partial charge in [0.25, 0.3) is 11.1 Å². The molecule has 0 saturated heterocycles. The third-order valence-electron chi connectivity index (χ3n) is 2.43. The Balaban J connectivity index is 1.94. The van der Waals surface area contributed by atoms with Crippen LogP contribution in [0.4, 0.5) is 0 Å². The van der Waals surface area contributed by atoms with Crippen LogP contribution in [0.5, 0.6) is 0 Å². The predicted molar refractivity (Wildman–Crippen MR) is 67.9 cm³/mol. The van der Waals surface area contributed by atoms with Crippen LogP contribution in [0.1, 0.15) is 0 Å². The van der Waals surface area contributed by atoms with Gasteiger partial charge in [-0.05, 0) is 12.1 Å². The van der Waals surface area contributed by atoms with Gasteiger partial charge in [-0.2, -0.15) is 5.26 Å². The second-order valence-electron chi connectivity index (χ2n) is 3.59. The van der Waals surface area contributed by atoms with Crippen molar-refractivity contribution in [2.24, 2.45) is 0 Å². The molecule has 0 saturated carbocycles. The number of nitrogens with one attached hydrogen (secondary N) is 1. The minimum absolute atomic E-state index is 0.300. The number of para-hydroxylation sites is 1. The average molecular weight is 256 g/mol. The van der Waals surface area contributed by atoms with E-state index in [-0.39, 0.29) is 0 Å². The number of H-pyrrole nitrogens is 1. The highest BCUT2D eigenvalue weighted by Crippen LogP contribution is 2.25. The fourth-order valence-corrected chi connectivity index (χ4v) is 2.08. The molecule has 0 unspecified atom stereocenters. The summed E-state index contributed by atoms with van der Waals surface area (Å²) >= 11 is 1.23. The first-order valence-electron chi connectivity index (χ1n) is 5.28. The molecule has 1 aromatic carbocycles. The zero-order chi connectivity index (χ0) is 12.4. The molecular formula is C12H8N4OS. The molecule has 0 aliphatic heterocycles. The molecule has 0 atom stereocenters. The fraction of sp³-hybridized carbons (Fsp3) is 0.0833. The average Bonchev–Trinajstić information content (AvgIpc) is 3.02. The highest BCUT2D eigenvalue weighted by molar-refractivity contribution is 7.99. The monoisotopic (exact) mass is 256 g/mol. The third kappa shape index (κ3) is 1.96. The van der Waals surface area contributed by atoms with E-state index >= 15 is 0 Å². The fourth-order valence-electron chi connectivity index (χ4n) is 1.66. The molecule has 6 heteroatoms. The van der Waals surface area contributed by atoms with Gasteiger partial charge < -0.3 is 9.40 Å². The molecule has 0 aliphatic rings. The van der Waals surface area contributed by atoms with Crippen LogP contribution in [0.25, 0.3) is 22.5 Å². The number of benzene rings is 1. The number of nitrogens with zero attached hydrogens (tertiary/aromatic N) is 3. The van der Waals surface area contributed by atoms with Gasteiger partial charge in [-0.3, -0.25) is 0 Å². The SMILES string of the molecule is N#CCSc1nnc(-c2cc3ccccc3[nH]2)o1. The van der Waals surface area contributed by atoms with Crippen molar-refractivity contribution in [3.63, 3.8) is 0 Å². The van der Waals surface area contributed by atoms with Crippen molar-refractivity contribution in [1.29, 1.82) is 5.26 Å². The van der Waals surface area contributed by atoms with Crippen LogP contribution >= 0.6 is 11.8 Å². The number of nitriles is 1. The lowest BCUT2D eigenvalue weighted by molar-refractivity contribution is 0.465. The molecule has 0 fully saturated rings. The van der Waals surface area contributed by atoms with Gasteiger partial charge in [-0.25, -0.2) is 0 Å². The molecular weight excluding hydrogens is 248 g/mol. The Morgan fingerprint density at radius 2 is 2.22 bits per heavy atom. The standard InChI is InChI=1S/C12H8N4OS/c13-5-6-18-12-16-15-11(17-12)10-7-8-3-1-2-4-9(8)14-10/h1-4,7,14H,6H2. The summed E-state index contributed by atoms with van der Waals surface area (Å²) in [5, 5.41) is 17.8. The van der Waals surface area contributed by atoms with Gasteiger partial charge in [0.05, 0.1) is 11.8 Å². The van der Waals surface area contributed by atoms with E-state index in [9.17, 15) is 0 Å². The lowest BCUT2D eigenvalue weighted by atomic mass is 10.2. The minimum atomic E-state index is 0.300. The van der Waals surface area contributed by atoms with Crippen molar-refractivity contribution >= 4 is 22.7 Å². The van der Waals surface area contributed by atoms with Crippen LogP contribution in [0.2, 0.25) is 0 Å². The minimum Gasteiger partial charge on any atom is -0.410 e. The molecule has 3 aromatic rings. The summed E-state index contributed by atoms with van der Waals surface area (Å²) in [4.78, 5) is 3.21. The molecule has 0 radical (unpaired) electrons. The highest BCUT2D eigenvalue weighted by Gasteiger charge is 2.11. The second kappa shape index (κ2) is 4.55. The number of rotatable bonds is 3. The summed E-state index contributed by atoms with van der Waals surface area (Å²) in [6, 6.07) is 11.9. The van der Waals surface area contributed by atoms with Crippen molar-refractivity contribution in [3.8, 4) is 17.7 Å². The molecule has 0 bridgehead atoms. The van der Waals surface area contributed by atoms with Crippen molar-refractivity contribution in [2.75, 3.05) is 5.75 Å². The lowest BCUT2D eigenvalue weighted by Crippen LogP contribution is -1.76. The number of thioether (sulfide) groups is 1. The second-order valence-corrected chi connectivity index (χ2v) is 4.52. The van der Waals surface area contributed by atoms with Crippen LogP contribution in [-0.4, -0.2) is 20.9 Å². The Hall–Kier alpha value is -2.26. The molecule has 3 rings (SSSR count). The first kappa shape index (κ1) is 10.9. The zero-order valence-electron chi connectivity index (χ0n) is 9.25. The van der Waals surface area contributed by atoms with Crippen molar-refractivity contribution in [1.82, 2.24) is 15.2 Å². The van der Waals surface area contributed by atoms with Gasteiger partial charge in [0, 0.05) is 10.9 Å². The maximum Gasteiger partial charge on any atom is 0.277 e. The maximum absolute atomic E-state index is 8.48. The summed E-state index contributed by atoms with van der Waals surface area (Å²) in [7, 11) is 0. The number of aromatic amines is 1. The molecule has 2 heterocycles. The molecule has 0 amide bonds. The summed E-state index contributed by atoms with van der Waals surface area (Å²) in [6.07, 6.45) is 0. The Labute approximate surface area is 107 Å². The molecule has 88 valence electrons. The van der Waals surface area contributed by atoms with E-state index in [2.05, 4.69) is 15.2 Å². The van der Waals surface area contributed by atoms with E-state index in [4.69, 9.17) is 9.68 Å². The van der Waals surface area contributed by atoms with Gasteiger partial charge in [0.2, 0.25) is 0 Å². The quantitative estimate of drug-likeness (QED) is 0.729. The smallest absolute Gasteiger partial charge is 0.277 e. The van der Waals surface area contributed by atoms with Crippen molar-refractivity contribution < 1.29 is 4.42 Å². The van der Waals surface area contributed by atoms with Gasteiger partial charge in [0.1, 0.15) is 5.69 Å². The predicted octanol–water partition coefficient (Wildman–Crippen LogP) is 2.83. The van der Waals surface area contributed by atoms with E-state index in [1.807, 2.05) is 36.4 Å². The van der Waals surface area contributed by atoms with Gasteiger partial charge >= 0.3 is 0 Å². The normalized spacial score (nSPS) is 10.6. The van der Waals surface area contributed by atoms with Crippen LogP contribution in [0, 0.1) is 11.3 Å². The van der Waals surface area contributed by atoms with E-state index in [1.165, 1.54) is 11.8 Å².